The van der Waals surface area contributed by atoms with Crippen molar-refractivity contribution in [3.8, 4) is 17.2 Å². The van der Waals surface area contributed by atoms with Crippen molar-refractivity contribution in [2.24, 2.45) is 5.41 Å². The third-order valence-corrected chi connectivity index (χ3v) is 3.43. The number of nitro benzene ring substituents is 1. The summed E-state index contributed by atoms with van der Waals surface area (Å²) >= 11 is 0. The second-order valence-electron chi connectivity index (χ2n) is 6.38. The van der Waals surface area contributed by atoms with Crippen LogP contribution in [0.2, 0.25) is 0 Å². The Morgan fingerprint density at radius 2 is 1.79 bits per heavy atom. The number of ether oxygens (including phenoxy) is 1. The Hall–Kier alpha value is -3.03. The molecule has 0 aliphatic heterocycles. The number of nitrogens with zero attached hydrogens (tertiary/aromatic N) is 1. The zero-order valence-electron chi connectivity index (χ0n) is 13.4. The molecular weight excluding hydrogens is 318 g/mol. The maximum Gasteiger partial charge on any atom is 0.311 e. The van der Waals surface area contributed by atoms with Gasteiger partial charge in [-0.25, -0.2) is 0 Å². The number of carbonyl (C=O) groups excluding carboxylic acids is 1. The molecule has 2 aromatic rings. The number of benzene rings is 2. The van der Waals surface area contributed by atoms with Gasteiger partial charge in [-0.05, 0) is 38.3 Å². The maximum atomic E-state index is 11.8. The summed E-state index contributed by atoms with van der Waals surface area (Å²) in [5.74, 6) is -2.46. The number of aromatic hydroxyl groups is 3. The number of hydrogen-bond acceptors (Lipinski definition) is 7. The van der Waals surface area contributed by atoms with Gasteiger partial charge < -0.3 is 20.1 Å². The first kappa shape index (κ1) is 17.3. The zero-order valence-corrected chi connectivity index (χ0v) is 13.4. The Labute approximate surface area is 137 Å². The van der Waals surface area contributed by atoms with E-state index in [-0.39, 0.29) is 28.6 Å². The SMILES string of the molecule is CC(C)(C)C(=O)OCc1cc2c(O)c(O)c(O)cc2cc1[N+](=O)[O-]. The van der Waals surface area contributed by atoms with Gasteiger partial charge in [0.2, 0.25) is 5.75 Å². The number of carbonyl (C=O) groups is 1. The predicted octanol–water partition coefficient (Wildman–Crippen LogP) is 2.95. The van der Waals surface area contributed by atoms with Crippen LogP contribution in [0, 0.1) is 15.5 Å². The molecule has 0 radical (unpaired) electrons. The highest BCUT2D eigenvalue weighted by molar-refractivity contribution is 5.94. The molecule has 2 rings (SSSR count). The van der Waals surface area contributed by atoms with Gasteiger partial charge in [0.05, 0.1) is 15.9 Å². The second-order valence-corrected chi connectivity index (χ2v) is 6.38. The fourth-order valence-corrected chi connectivity index (χ4v) is 2.08. The number of phenols is 3. The standard InChI is InChI=1S/C16H17NO7/c1-16(2,3)15(21)24-7-9-4-10-8(5-11(9)17(22)23)6-12(18)14(20)13(10)19/h4-6,18-20H,7H2,1-3H3. The number of hydrogen-bond donors (Lipinski definition) is 3. The van der Waals surface area contributed by atoms with Crippen LogP contribution in [0.25, 0.3) is 10.8 Å². The quantitative estimate of drug-likeness (QED) is 0.340. The summed E-state index contributed by atoms with van der Waals surface area (Å²) in [4.78, 5) is 22.4. The second kappa shape index (κ2) is 5.88. The van der Waals surface area contributed by atoms with Crippen LogP contribution in [0.15, 0.2) is 18.2 Å². The van der Waals surface area contributed by atoms with Crippen LogP contribution < -0.4 is 0 Å². The number of fused-ring (bicyclic) bond motifs is 1. The van der Waals surface area contributed by atoms with Gasteiger partial charge in [-0.3, -0.25) is 14.9 Å². The van der Waals surface area contributed by atoms with Gasteiger partial charge in [0.1, 0.15) is 6.61 Å². The van der Waals surface area contributed by atoms with E-state index in [1.54, 1.807) is 20.8 Å². The number of phenolic OH excluding ortho intramolecular Hbond substituents is 3. The first-order valence-electron chi connectivity index (χ1n) is 7.04. The van der Waals surface area contributed by atoms with Crippen molar-refractivity contribution in [1.29, 1.82) is 0 Å². The first-order chi connectivity index (χ1) is 11.0. The first-order valence-corrected chi connectivity index (χ1v) is 7.04. The Bertz CT molecular complexity index is 837. The topological polar surface area (TPSA) is 130 Å². The molecule has 0 atom stereocenters. The maximum absolute atomic E-state index is 11.8. The van der Waals surface area contributed by atoms with Gasteiger partial charge in [0, 0.05) is 11.5 Å². The van der Waals surface area contributed by atoms with E-state index in [0.29, 0.717) is 0 Å². The van der Waals surface area contributed by atoms with Gasteiger partial charge in [-0.15, -0.1) is 0 Å². The highest BCUT2D eigenvalue weighted by atomic mass is 16.6. The van der Waals surface area contributed by atoms with Crippen LogP contribution in [0.5, 0.6) is 17.2 Å². The molecule has 3 N–H and O–H groups in total. The molecule has 128 valence electrons. The zero-order chi connectivity index (χ0) is 18.2. The van der Waals surface area contributed by atoms with E-state index in [0.717, 1.165) is 12.1 Å². The summed E-state index contributed by atoms with van der Waals surface area (Å²) in [5.41, 5.74) is -1.03. The van der Waals surface area contributed by atoms with Crippen LogP contribution in [0.1, 0.15) is 26.3 Å². The smallest absolute Gasteiger partial charge is 0.311 e. The molecule has 2 aromatic carbocycles. The van der Waals surface area contributed by atoms with Crippen molar-refractivity contribution >= 4 is 22.4 Å². The number of esters is 1. The lowest BCUT2D eigenvalue weighted by molar-refractivity contribution is -0.385. The highest BCUT2D eigenvalue weighted by Gasteiger charge is 2.25. The lowest BCUT2D eigenvalue weighted by Gasteiger charge is -2.17. The minimum atomic E-state index is -0.766. The van der Waals surface area contributed by atoms with E-state index in [4.69, 9.17) is 4.74 Å². The van der Waals surface area contributed by atoms with Gasteiger partial charge in [-0.2, -0.15) is 0 Å². The minimum absolute atomic E-state index is 0.0606. The molecular formula is C16H17NO7. The van der Waals surface area contributed by atoms with Crippen molar-refractivity contribution in [2.45, 2.75) is 27.4 Å². The molecule has 0 saturated carbocycles. The Morgan fingerprint density at radius 1 is 1.17 bits per heavy atom. The molecule has 0 spiro atoms. The monoisotopic (exact) mass is 335 g/mol. The molecule has 24 heavy (non-hydrogen) atoms. The van der Waals surface area contributed by atoms with Crippen molar-refractivity contribution in [3.05, 3.63) is 33.9 Å². The molecule has 8 nitrogen and oxygen atoms in total. The average molecular weight is 335 g/mol. The summed E-state index contributed by atoms with van der Waals surface area (Å²) in [6, 6.07) is 3.48. The van der Waals surface area contributed by atoms with Crippen LogP contribution in [0.3, 0.4) is 0 Å². The minimum Gasteiger partial charge on any atom is -0.504 e. The molecule has 0 aromatic heterocycles. The molecule has 0 heterocycles. The third-order valence-electron chi connectivity index (χ3n) is 3.43. The molecule has 0 unspecified atom stereocenters. The summed E-state index contributed by atoms with van der Waals surface area (Å²) in [6.07, 6.45) is 0. The lowest BCUT2D eigenvalue weighted by atomic mass is 9.97. The predicted molar refractivity (Wildman–Crippen MR) is 84.8 cm³/mol. The molecule has 0 amide bonds. The van der Waals surface area contributed by atoms with E-state index < -0.39 is 33.6 Å². The van der Waals surface area contributed by atoms with E-state index >= 15 is 0 Å². The van der Waals surface area contributed by atoms with Crippen LogP contribution >= 0.6 is 0 Å². The van der Waals surface area contributed by atoms with E-state index in [1.807, 2.05) is 0 Å². The van der Waals surface area contributed by atoms with Gasteiger partial charge in [0.15, 0.2) is 11.5 Å². The fraction of sp³-hybridized carbons (Fsp3) is 0.312. The molecule has 0 fully saturated rings. The van der Waals surface area contributed by atoms with E-state index in [2.05, 4.69) is 0 Å². The Balaban J connectivity index is 2.53. The van der Waals surface area contributed by atoms with Crippen molar-refractivity contribution in [1.82, 2.24) is 0 Å². The van der Waals surface area contributed by atoms with Crippen LogP contribution in [0.4, 0.5) is 5.69 Å². The Morgan fingerprint density at radius 3 is 2.33 bits per heavy atom. The fourth-order valence-electron chi connectivity index (χ4n) is 2.08. The molecule has 0 saturated heterocycles. The summed E-state index contributed by atoms with van der Waals surface area (Å²) in [6.45, 7) is 4.59. The van der Waals surface area contributed by atoms with Gasteiger partial charge >= 0.3 is 5.97 Å². The van der Waals surface area contributed by atoms with Gasteiger partial charge in [-0.1, -0.05) is 0 Å². The normalized spacial score (nSPS) is 11.5. The average Bonchev–Trinajstić information content (AvgIpc) is 2.48. The van der Waals surface area contributed by atoms with Gasteiger partial charge in [0.25, 0.3) is 5.69 Å². The van der Waals surface area contributed by atoms with Crippen LogP contribution in [-0.4, -0.2) is 26.2 Å². The lowest BCUT2D eigenvalue weighted by Crippen LogP contribution is -2.22. The van der Waals surface area contributed by atoms with E-state index in [9.17, 15) is 30.2 Å². The van der Waals surface area contributed by atoms with E-state index in [1.165, 1.54) is 6.07 Å². The molecule has 0 aliphatic carbocycles. The highest BCUT2D eigenvalue weighted by Crippen LogP contribution is 2.43. The number of rotatable bonds is 3. The summed E-state index contributed by atoms with van der Waals surface area (Å²) < 4.78 is 5.09. The Kier molecular flexibility index (Phi) is 4.24. The molecule has 0 bridgehead atoms. The number of nitro groups is 1. The largest absolute Gasteiger partial charge is 0.504 e. The van der Waals surface area contributed by atoms with Crippen molar-refractivity contribution in [3.63, 3.8) is 0 Å². The van der Waals surface area contributed by atoms with Crippen molar-refractivity contribution < 1.29 is 29.8 Å². The van der Waals surface area contributed by atoms with Crippen LogP contribution in [-0.2, 0) is 16.1 Å². The summed E-state index contributed by atoms with van der Waals surface area (Å²) in [7, 11) is 0. The summed E-state index contributed by atoms with van der Waals surface area (Å²) in [5, 5.41) is 40.5. The molecule has 0 aliphatic rings. The third kappa shape index (κ3) is 3.17. The molecule has 8 heteroatoms. The van der Waals surface area contributed by atoms with Crippen molar-refractivity contribution in [2.75, 3.05) is 0 Å².